The Morgan fingerprint density at radius 1 is 0.958 bits per heavy atom. The number of hydrogen-bond acceptors (Lipinski definition) is 2. The van der Waals surface area contributed by atoms with Gasteiger partial charge >= 0.3 is 0 Å². The summed E-state index contributed by atoms with van der Waals surface area (Å²) in [6.07, 6.45) is -0.182. The Bertz CT molecular complexity index is 706. The average Bonchev–Trinajstić information content (AvgIpc) is 2.54. The summed E-state index contributed by atoms with van der Waals surface area (Å²) in [7, 11) is 0. The molecule has 24 heavy (non-hydrogen) atoms. The quantitative estimate of drug-likeness (QED) is 0.795. The second kappa shape index (κ2) is 8.29. The van der Waals surface area contributed by atoms with Gasteiger partial charge < -0.3 is 10.6 Å². The molecule has 0 spiro atoms. The minimum absolute atomic E-state index is 0.182. The van der Waals surface area contributed by atoms with Gasteiger partial charge in [-0.05, 0) is 30.0 Å². The fraction of sp³-hybridized carbons (Fsp3) is 0.300. The highest BCUT2D eigenvalue weighted by Gasteiger charge is 2.12. The van der Waals surface area contributed by atoms with E-state index in [0.29, 0.717) is 12.5 Å². The van der Waals surface area contributed by atoms with Crippen molar-refractivity contribution in [1.29, 1.82) is 0 Å². The van der Waals surface area contributed by atoms with E-state index in [9.17, 15) is 9.59 Å². The zero-order valence-corrected chi connectivity index (χ0v) is 14.4. The Balaban J connectivity index is 1.86. The van der Waals surface area contributed by atoms with Gasteiger partial charge in [0.2, 0.25) is 11.8 Å². The SMILES string of the molecule is Cc1ccc(CNC(=O)CC(=O)Nc2ccccc2C(C)C)cc1. The highest BCUT2D eigenvalue weighted by Crippen LogP contribution is 2.23. The van der Waals surface area contributed by atoms with Crippen LogP contribution in [0.25, 0.3) is 0 Å². The first-order valence-electron chi connectivity index (χ1n) is 8.16. The molecule has 4 heteroatoms. The van der Waals surface area contributed by atoms with Crippen LogP contribution in [0.15, 0.2) is 48.5 Å². The van der Waals surface area contributed by atoms with E-state index in [1.54, 1.807) is 0 Å². The maximum absolute atomic E-state index is 12.1. The topological polar surface area (TPSA) is 58.2 Å². The van der Waals surface area contributed by atoms with Gasteiger partial charge in [0.1, 0.15) is 6.42 Å². The fourth-order valence-electron chi connectivity index (χ4n) is 2.42. The molecule has 0 saturated carbocycles. The van der Waals surface area contributed by atoms with E-state index in [0.717, 1.165) is 16.8 Å². The molecule has 0 heterocycles. The number of anilines is 1. The number of benzene rings is 2. The van der Waals surface area contributed by atoms with Crippen LogP contribution >= 0.6 is 0 Å². The number of amides is 2. The number of carbonyl (C=O) groups excluding carboxylic acids is 2. The lowest BCUT2D eigenvalue weighted by atomic mass is 10.0. The number of nitrogens with one attached hydrogen (secondary N) is 2. The molecule has 0 aliphatic rings. The highest BCUT2D eigenvalue weighted by molar-refractivity contribution is 6.03. The van der Waals surface area contributed by atoms with Crippen molar-refractivity contribution in [3.8, 4) is 0 Å². The predicted octanol–water partition coefficient (Wildman–Crippen LogP) is 3.76. The van der Waals surface area contributed by atoms with Crippen molar-refractivity contribution in [3.63, 3.8) is 0 Å². The molecule has 0 aliphatic heterocycles. The van der Waals surface area contributed by atoms with E-state index in [1.807, 2.05) is 55.5 Å². The van der Waals surface area contributed by atoms with Crippen LogP contribution in [-0.4, -0.2) is 11.8 Å². The fourth-order valence-corrected chi connectivity index (χ4v) is 2.42. The minimum atomic E-state index is -0.301. The zero-order chi connectivity index (χ0) is 17.5. The first kappa shape index (κ1) is 17.7. The van der Waals surface area contributed by atoms with Crippen LogP contribution in [-0.2, 0) is 16.1 Å². The summed E-state index contributed by atoms with van der Waals surface area (Å²) >= 11 is 0. The smallest absolute Gasteiger partial charge is 0.233 e. The molecule has 2 N–H and O–H groups in total. The van der Waals surface area contributed by atoms with E-state index in [2.05, 4.69) is 24.5 Å². The third kappa shape index (κ3) is 5.23. The van der Waals surface area contributed by atoms with Crippen molar-refractivity contribution < 1.29 is 9.59 Å². The monoisotopic (exact) mass is 324 g/mol. The van der Waals surface area contributed by atoms with E-state index < -0.39 is 0 Å². The number of carbonyl (C=O) groups is 2. The van der Waals surface area contributed by atoms with Gasteiger partial charge in [-0.2, -0.15) is 0 Å². The van der Waals surface area contributed by atoms with E-state index >= 15 is 0 Å². The maximum atomic E-state index is 12.1. The second-order valence-corrected chi connectivity index (χ2v) is 6.23. The molecule has 2 amide bonds. The standard InChI is InChI=1S/C20H24N2O2/c1-14(2)17-6-4-5-7-18(17)22-20(24)12-19(23)21-13-16-10-8-15(3)9-11-16/h4-11,14H,12-13H2,1-3H3,(H,21,23)(H,22,24). The van der Waals surface area contributed by atoms with Crippen molar-refractivity contribution in [1.82, 2.24) is 5.32 Å². The molecule has 2 aromatic carbocycles. The number of hydrogen-bond donors (Lipinski definition) is 2. The third-order valence-corrected chi connectivity index (χ3v) is 3.79. The van der Waals surface area contributed by atoms with E-state index in [4.69, 9.17) is 0 Å². The lowest BCUT2D eigenvalue weighted by Crippen LogP contribution is -2.28. The Hall–Kier alpha value is -2.62. The zero-order valence-electron chi connectivity index (χ0n) is 14.4. The first-order chi connectivity index (χ1) is 11.5. The molecule has 0 unspecified atom stereocenters. The van der Waals surface area contributed by atoms with Crippen LogP contribution in [0.2, 0.25) is 0 Å². The van der Waals surface area contributed by atoms with Gasteiger partial charge in [0.25, 0.3) is 0 Å². The molecule has 2 rings (SSSR count). The summed E-state index contributed by atoms with van der Waals surface area (Å²) in [6.45, 7) is 6.58. The molecular formula is C20H24N2O2. The van der Waals surface area contributed by atoms with Gasteiger partial charge in [-0.15, -0.1) is 0 Å². The molecule has 0 radical (unpaired) electrons. The lowest BCUT2D eigenvalue weighted by molar-refractivity contribution is -0.126. The van der Waals surface area contributed by atoms with Crippen molar-refractivity contribution in [2.45, 2.75) is 39.7 Å². The van der Waals surface area contributed by atoms with Crippen LogP contribution < -0.4 is 10.6 Å². The molecule has 2 aromatic rings. The van der Waals surface area contributed by atoms with Gasteiger partial charge in [-0.3, -0.25) is 9.59 Å². The van der Waals surface area contributed by atoms with Crippen molar-refractivity contribution >= 4 is 17.5 Å². The number of para-hydroxylation sites is 1. The average molecular weight is 324 g/mol. The summed E-state index contributed by atoms with van der Waals surface area (Å²) in [5.41, 5.74) is 4.02. The van der Waals surface area contributed by atoms with Gasteiger partial charge in [-0.1, -0.05) is 61.9 Å². The Labute approximate surface area is 143 Å². The molecule has 4 nitrogen and oxygen atoms in total. The van der Waals surface area contributed by atoms with Gasteiger partial charge in [0.15, 0.2) is 0 Å². The Morgan fingerprint density at radius 2 is 1.62 bits per heavy atom. The minimum Gasteiger partial charge on any atom is -0.352 e. The maximum Gasteiger partial charge on any atom is 0.233 e. The largest absolute Gasteiger partial charge is 0.352 e. The molecule has 126 valence electrons. The van der Waals surface area contributed by atoms with Gasteiger partial charge in [0, 0.05) is 12.2 Å². The Morgan fingerprint density at radius 3 is 2.29 bits per heavy atom. The summed E-state index contributed by atoms with van der Waals surface area (Å²) in [5.74, 6) is -0.281. The molecular weight excluding hydrogens is 300 g/mol. The molecule has 0 saturated heterocycles. The third-order valence-electron chi connectivity index (χ3n) is 3.79. The lowest BCUT2D eigenvalue weighted by Gasteiger charge is -2.13. The highest BCUT2D eigenvalue weighted by atomic mass is 16.2. The summed E-state index contributed by atoms with van der Waals surface area (Å²) in [5, 5.41) is 5.60. The van der Waals surface area contributed by atoms with E-state index in [1.165, 1.54) is 5.56 Å². The summed E-state index contributed by atoms with van der Waals surface area (Å²) in [4.78, 5) is 24.0. The summed E-state index contributed by atoms with van der Waals surface area (Å²) < 4.78 is 0. The van der Waals surface area contributed by atoms with Crippen molar-refractivity contribution in [3.05, 3.63) is 65.2 Å². The molecule has 0 aliphatic carbocycles. The first-order valence-corrected chi connectivity index (χ1v) is 8.16. The van der Waals surface area contributed by atoms with E-state index in [-0.39, 0.29) is 18.2 Å². The normalized spacial score (nSPS) is 10.5. The van der Waals surface area contributed by atoms with Crippen LogP contribution in [0.5, 0.6) is 0 Å². The van der Waals surface area contributed by atoms with Crippen LogP contribution in [0.4, 0.5) is 5.69 Å². The Kier molecular flexibility index (Phi) is 6.13. The number of rotatable bonds is 6. The van der Waals surface area contributed by atoms with Crippen molar-refractivity contribution in [2.24, 2.45) is 0 Å². The second-order valence-electron chi connectivity index (χ2n) is 6.23. The molecule has 0 aromatic heterocycles. The van der Waals surface area contributed by atoms with Gasteiger partial charge in [-0.25, -0.2) is 0 Å². The van der Waals surface area contributed by atoms with Crippen LogP contribution in [0.3, 0.4) is 0 Å². The summed E-state index contributed by atoms with van der Waals surface area (Å²) in [6, 6.07) is 15.6. The van der Waals surface area contributed by atoms with Crippen molar-refractivity contribution in [2.75, 3.05) is 5.32 Å². The molecule has 0 atom stereocenters. The van der Waals surface area contributed by atoms with Crippen LogP contribution in [0.1, 0.15) is 42.9 Å². The number of aryl methyl sites for hydroxylation is 1. The predicted molar refractivity (Wildman–Crippen MR) is 96.8 cm³/mol. The molecule has 0 fully saturated rings. The molecule has 0 bridgehead atoms. The van der Waals surface area contributed by atoms with Gasteiger partial charge in [0.05, 0.1) is 0 Å². The van der Waals surface area contributed by atoms with Crippen LogP contribution in [0, 0.1) is 6.92 Å².